The van der Waals surface area contributed by atoms with Gasteiger partial charge in [-0.15, -0.1) is 0 Å². The fourth-order valence-electron chi connectivity index (χ4n) is 2.21. The van der Waals surface area contributed by atoms with Crippen molar-refractivity contribution in [2.24, 2.45) is 5.92 Å². The van der Waals surface area contributed by atoms with Gasteiger partial charge in [-0.05, 0) is 52.1 Å². The van der Waals surface area contributed by atoms with E-state index in [9.17, 15) is 4.79 Å². The van der Waals surface area contributed by atoms with E-state index in [1.165, 1.54) is 25.9 Å². The lowest BCUT2D eigenvalue weighted by Crippen LogP contribution is -2.39. The highest BCUT2D eigenvalue weighted by molar-refractivity contribution is 5.72. The van der Waals surface area contributed by atoms with E-state index in [2.05, 4.69) is 24.1 Å². The van der Waals surface area contributed by atoms with Crippen LogP contribution in [0.25, 0.3) is 0 Å². The number of nitrogens with zero attached hydrogens (tertiary/aromatic N) is 1. The smallest absolute Gasteiger partial charge is 0.216 e. The number of rotatable bonds is 4. The van der Waals surface area contributed by atoms with Gasteiger partial charge in [0.1, 0.15) is 0 Å². The molecule has 3 nitrogen and oxygen atoms in total. The van der Waals surface area contributed by atoms with Crippen LogP contribution in [0.3, 0.4) is 0 Å². The van der Waals surface area contributed by atoms with Crippen molar-refractivity contribution in [1.82, 2.24) is 10.2 Å². The van der Waals surface area contributed by atoms with Crippen LogP contribution in [-0.4, -0.2) is 36.5 Å². The van der Waals surface area contributed by atoms with Crippen molar-refractivity contribution < 1.29 is 4.79 Å². The summed E-state index contributed by atoms with van der Waals surface area (Å²) in [5.41, 5.74) is 0. The van der Waals surface area contributed by atoms with E-state index in [0.717, 1.165) is 18.9 Å². The van der Waals surface area contributed by atoms with Gasteiger partial charge in [0, 0.05) is 19.5 Å². The van der Waals surface area contributed by atoms with E-state index >= 15 is 0 Å². The van der Waals surface area contributed by atoms with Crippen LogP contribution in [0.4, 0.5) is 0 Å². The maximum Gasteiger partial charge on any atom is 0.216 e. The van der Waals surface area contributed by atoms with Crippen LogP contribution in [-0.2, 0) is 4.79 Å². The van der Waals surface area contributed by atoms with Gasteiger partial charge in [-0.1, -0.05) is 13.8 Å². The van der Waals surface area contributed by atoms with Crippen molar-refractivity contribution in [3.05, 3.63) is 0 Å². The van der Waals surface area contributed by atoms with Crippen LogP contribution in [0.1, 0.15) is 53.9 Å². The number of likely N-dealkylation sites (tertiary alicyclic amines) is 1. The molecular formula is C14H30N2O. The van der Waals surface area contributed by atoms with Gasteiger partial charge in [-0.3, -0.25) is 4.79 Å². The predicted molar refractivity (Wildman–Crippen MR) is 74.1 cm³/mol. The molecule has 0 spiro atoms. The Balaban J connectivity index is 0.00000121. The van der Waals surface area contributed by atoms with Crippen molar-refractivity contribution in [1.29, 1.82) is 0 Å². The standard InChI is InChI=1S/C12H24N2O.C2H6/c1-10(2)14-8-5-12(6-9-14)4-7-13-11(3)15;1-2/h10,12H,4-9H2,1-3H3,(H,13,15);1-2H3. The lowest BCUT2D eigenvalue weighted by atomic mass is 9.93. The van der Waals surface area contributed by atoms with Gasteiger partial charge >= 0.3 is 0 Å². The zero-order valence-corrected chi connectivity index (χ0v) is 12.3. The van der Waals surface area contributed by atoms with Crippen LogP contribution in [0, 0.1) is 5.92 Å². The number of hydrogen-bond acceptors (Lipinski definition) is 2. The fraction of sp³-hybridized carbons (Fsp3) is 0.929. The molecule has 17 heavy (non-hydrogen) atoms. The minimum atomic E-state index is 0.0922. The summed E-state index contributed by atoms with van der Waals surface area (Å²) < 4.78 is 0. The first-order chi connectivity index (χ1) is 8.09. The van der Waals surface area contributed by atoms with Gasteiger partial charge in [0.25, 0.3) is 0 Å². The molecule has 1 rings (SSSR count). The molecule has 1 amide bonds. The highest BCUT2D eigenvalue weighted by atomic mass is 16.1. The van der Waals surface area contributed by atoms with E-state index in [1.54, 1.807) is 6.92 Å². The third-order valence-corrected chi connectivity index (χ3v) is 3.31. The molecule has 0 saturated carbocycles. The molecule has 1 N–H and O–H groups in total. The maximum atomic E-state index is 10.7. The normalized spacial score (nSPS) is 17.5. The number of piperidine rings is 1. The van der Waals surface area contributed by atoms with Crippen LogP contribution in [0.5, 0.6) is 0 Å². The second-order valence-electron chi connectivity index (χ2n) is 4.84. The number of hydrogen-bond donors (Lipinski definition) is 1. The Morgan fingerprint density at radius 1 is 1.29 bits per heavy atom. The molecule has 0 aromatic carbocycles. The number of carbonyl (C=O) groups excluding carboxylic acids is 1. The first-order valence-electron chi connectivity index (χ1n) is 7.08. The Labute approximate surface area is 107 Å². The Morgan fingerprint density at radius 3 is 2.24 bits per heavy atom. The van der Waals surface area contributed by atoms with Gasteiger partial charge in [-0.25, -0.2) is 0 Å². The molecule has 1 fully saturated rings. The Morgan fingerprint density at radius 2 is 1.82 bits per heavy atom. The summed E-state index contributed by atoms with van der Waals surface area (Å²) in [7, 11) is 0. The third-order valence-electron chi connectivity index (χ3n) is 3.31. The first-order valence-corrected chi connectivity index (χ1v) is 7.08. The number of amides is 1. The van der Waals surface area contributed by atoms with Gasteiger partial charge < -0.3 is 10.2 Å². The van der Waals surface area contributed by atoms with Crippen molar-refractivity contribution >= 4 is 5.91 Å². The fourth-order valence-corrected chi connectivity index (χ4v) is 2.21. The summed E-state index contributed by atoms with van der Waals surface area (Å²) in [6, 6.07) is 0.682. The van der Waals surface area contributed by atoms with Crippen LogP contribution in [0.2, 0.25) is 0 Å². The molecule has 3 heteroatoms. The SMILES string of the molecule is CC.CC(=O)NCCC1CCN(C(C)C)CC1. The highest BCUT2D eigenvalue weighted by Crippen LogP contribution is 2.21. The lowest BCUT2D eigenvalue weighted by Gasteiger charge is -2.34. The predicted octanol–water partition coefficient (Wildman–Crippen LogP) is 2.66. The second-order valence-corrected chi connectivity index (χ2v) is 4.84. The van der Waals surface area contributed by atoms with E-state index in [-0.39, 0.29) is 5.91 Å². The Bertz CT molecular complexity index is 196. The topological polar surface area (TPSA) is 32.3 Å². The molecule has 0 radical (unpaired) electrons. The largest absolute Gasteiger partial charge is 0.356 e. The second kappa shape index (κ2) is 9.46. The van der Waals surface area contributed by atoms with Crippen molar-refractivity contribution in [3.63, 3.8) is 0 Å². The third kappa shape index (κ3) is 7.37. The van der Waals surface area contributed by atoms with E-state index < -0.39 is 0 Å². The van der Waals surface area contributed by atoms with Crippen molar-refractivity contribution in [2.45, 2.75) is 59.9 Å². The molecule has 1 saturated heterocycles. The molecule has 0 aliphatic carbocycles. The Kier molecular flexibility index (Phi) is 9.14. The molecule has 0 aromatic rings. The van der Waals surface area contributed by atoms with E-state index in [1.807, 2.05) is 13.8 Å². The molecule has 1 aliphatic rings. The lowest BCUT2D eigenvalue weighted by molar-refractivity contribution is -0.119. The van der Waals surface area contributed by atoms with Crippen LogP contribution < -0.4 is 5.32 Å². The number of carbonyl (C=O) groups is 1. The average Bonchev–Trinajstić information content (AvgIpc) is 2.32. The van der Waals surface area contributed by atoms with Gasteiger partial charge in [-0.2, -0.15) is 0 Å². The maximum absolute atomic E-state index is 10.7. The molecule has 1 heterocycles. The van der Waals surface area contributed by atoms with Crippen molar-refractivity contribution in [2.75, 3.05) is 19.6 Å². The number of nitrogens with one attached hydrogen (secondary N) is 1. The quantitative estimate of drug-likeness (QED) is 0.822. The molecule has 1 aliphatic heterocycles. The minimum absolute atomic E-state index is 0.0922. The molecule has 0 atom stereocenters. The molecule has 102 valence electrons. The van der Waals surface area contributed by atoms with Crippen LogP contribution >= 0.6 is 0 Å². The summed E-state index contributed by atoms with van der Waals surface area (Å²) in [5, 5.41) is 2.87. The summed E-state index contributed by atoms with van der Waals surface area (Å²) in [4.78, 5) is 13.2. The average molecular weight is 242 g/mol. The van der Waals surface area contributed by atoms with Gasteiger partial charge in [0.15, 0.2) is 0 Å². The first kappa shape index (κ1) is 16.4. The molecule has 0 bridgehead atoms. The summed E-state index contributed by atoms with van der Waals surface area (Å²) in [5.74, 6) is 0.904. The molecular weight excluding hydrogens is 212 g/mol. The molecule has 0 unspecified atom stereocenters. The summed E-state index contributed by atoms with van der Waals surface area (Å²) >= 11 is 0. The summed E-state index contributed by atoms with van der Waals surface area (Å²) in [6.07, 6.45) is 3.72. The zero-order valence-electron chi connectivity index (χ0n) is 12.3. The van der Waals surface area contributed by atoms with Gasteiger partial charge in [0.2, 0.25) is 5.91 Å². The summed E-state index contributed by atoms with van der Waals surface area (Å²) in [6.45, 7) is 13.4. The Hall–Kier alpha value is -0.570. The van der Waals surface area contributed by atoms with Crippen molar-refractivity contribution in [3.8, 4) is 0 Å². The monoisotopic (exact) mass is 242 g/mol. The van der Waals surface area contributed by atoms with Crippen LogP contribution in [0.15, 0.2) is 0 Å². The molecule has 0 aromatic heterocycles. The van der Waals surface area contributed by atoms with E-state index in [4.69, 9.17) is 0 Å². The van der Waals surface area contributed by atoms with Gasteiger partial charge in [0.05, 0.1) is 0 Å². The minimum Gasteiger partial charge on any atom is -0.356 e. The zero-order chi connectivity index (χ0) is 13.3. The van der Waals surface area contributed by atoms with E-state index in [0.29, 0.717) is 6.04 Å². The highest BCUT2D eigenvalue weighted by Gasteiger charge is 2.20.